The number of ether oxygens (including phenoxy) is 3. The van der Waals surface area contributed by atoms with Crippen LogP contribution in [0.3, 0.4) is 0 Å². The van der Waals surface area contributed by atoms with Crippen molar-refractivity contribution in [2.45, 2.75) is 284 Å². The van der Waals surface area contributed by atoms with Crippen LogP contribution >= 0.6 is 0 Å². The lowest BCUT2D eigenvalue weighted by Crippen LogP contribution is -2.30. The zero-order valence-electron chi connectivity index (χ0n) is 45.3. The highest BCUT2D eigenvalue weighted by Crippen LogP contribution is 2.16. The van der Waals surface area contributed by atoms with Gasteiger partial charge in [0.2, 0.25) is 0 Å². The molecule has 0 spiro atoms. The van der Waals surface area contributed by atoms with E-state index in [1.165, 1.54) is 141 Å². The van der Waals surface area contributed by atoms with Crippen LogP contribution in [-0.4, -0.2) is 37.2 Å². The normalized spacial score (nSPS) is 12.7. The Balaban J connectivity index is 4.40. The molecule has 0 saturated heterocycles. The molecule has 396 valence electrons. The summed E-state index contributed by atoms with van der Waals surface area (Å²) in [6, 6.07) is 0. The summed E-state index contributed by atoms with van der Waals surface area (Å²) in [4.78, 5) is 38.1. The van der Waals surface area contributed by atoms with E-state index in [9.17, 15) is 14.4 Å². The molecule has 1 atom stereocenters. The molecule has 0 aromatic rings. The van der Waals surface area contributed by atoms with E-state index in [0.717, 1.165) is 89.9 Å². The molecular weight excluding hydrogens is 853 g/mol. The molecule has 0 N–H and O–H groups in total. The molecule has 0 unspecified atom stereocenters. The highest BCUT2D eigenvalue weighted by Gasteiger charge is 2.19. The fourth-order valence-electron chi connectivity index (χ4n) is 8.04. The molecule has 0 aliphatic heterocycles. The van der Waals surface area contributed by atoms with Crippen LogP contribution in [0, 0.1) is 0 Å². The summed E-state index contributed by atoms with van der Waals surface area (Å²) < 4.78 is 16.8. The number of hydrogen-bond donors (Lipinski definition) is 0. The van der Waals surface area contributed by atoms with Crippen LogP contribution in [0.4, 0.5) is 0 Å². The quantitative estimate of drug-likeness (QED) is 0.0262. The zero-order chi connectivity index (χ0) is 50.0. The van der Waals surface area contributed by atoms with Gasteiger partial charge in [-0.1, -0.05) is 266 Å². The van der Waals surface area contributed by atoms with Crippen LogP contribution in [-0.2, 0) is 28.6 Å². The molecule has 0 aromatic carbocycles. The molecule has 69 heavy (non-hydrogen) atoms. The van der Waals surface area contributed by atoms with Crippen molar-refractivity contribution in [2.24, 2.45) is 0 Å². The van der Waals surface area contributed by atoms with Crippen LogP contribution in [0.1, 0.15) is 278 Å². The van der Waals surface area contributed by atoms with Crippen LogP contribution in [0.15, 0.2) is 85.1 Å². The van der Waals surface area contributed by atoms with Gasteiger partial charge in [-0.2, -0.15) is 0 Å². The number of allylic oxidation sites excluding steroid dienone is 14. The third-order valence-electron chi connectivity index (χ3n) is 12.4. The SMILES string of the molecule is CC/C=C\C/C=C\C/C=C\C/C=C\C/C=C\C/C=C\CCC(=O)O[C@H](COC(=O)CCCCCCC/C=C\CCCC)COC(=O)CCCCCCCCCCCCCCCCCCCCCCC. The van der Waals surface area contributed by atoms with E-state index in [0.29, 0.717) is 19.3 Å². The average Bonchev–Trinajstić information content (AvgIpc) is 3.35. The van der Waals surface area contributed by atoms with Crippen molar-refractivity contribution < 1.29 is 28.6 Å². The summed E-state index contributed by atoms with van der Waals surface area (Å²) in [5.41, 5.74) is 0. The fourth-order valence-corrected chi connectivity index (χ4v) is 8.04. The minimum absolute atomic E-state index is 0.107. The van der Waals surface area contributed by atoms with Gasteiger partial charge in [-0.15, -0.1) is 0 Å². The van der Waals surface area contributed by atoms with Crippen molar-refractivity contribution >= 4 is 17.9 Å². The van der Waals surface area contributed by atoms with Gasteiger partial charge in [0.25, 0.3) is 0 Å². The van der Waals surface area contributed by atoms with Crippen LogP contribution in [0.2, 0.25) is 0 Å². The van der Waals surface area contributed by atoms with Crippen molar-refractivity contribution in [2.75, 3.05) is 13.2 Å². The van der Waals surface area contributed by atoms with Crippen molar-refractivity contribution in [3.05, 3.63) is 85.1 Å². The minimum Gasteiger partial charge on any atom is -0.462 e. The summed E-state index contributed by atoms with van der Waals surface area (Å²) in [5, 5.41) is 0. The summed E-state index contributed by atoms with van der Waals surface area (Å²) in [6.07, 6.45) is 74.6. The number of carbonyl (C=O) groups is 3. The van der Waals surface area contributed by atoms with Crippen molar-refractivity contribution in [3.8, 4) is 0 Å². The summed E-state index contributed by atoms with van der Waals surface area (Å²) >= 11 is 0. The van der Waals surface area contributed by atoms with E-state index in [4.69, 9.17) is 14.2 Å². The van der Waals surface area contributed by atoms with Gasteiger partial charge in [0.15, 0.2) is 6.10 Å². The van der Waals surface area contributed by atoms with Gasteiger partial charge in [-0.05, 0) is 77.0 Å². The smallest absolute Gasteiger partial charge is 0.306 e. The number of carbonyl (C=O) groups excluding carboxylic acids is 3. The summed E-state index contributed by atoms with van der Waals surface area (Å²) in [6.45, 7) is 6.44. The number of hydrogen-bond acceptors (Lipinski definition) is 6. The van der Waals surface area contributed by atoms with Gasteiger partial charge < -0.3 is 14.2 Å². The lowest BCUT2D eigenvalue weighted by Gasteiger charge is -2.18. The zero-order valence-corrected chi connectivity index (χ0v) is 45.3. The molecule has 0 aliphatic carbocycles. The molecule has 6 heteroatoms. The van der Waals surface area contributed by atoms with Gasteiger partial charge in [0.05, 0.1) is 0 Å². The second-order valence-corrected chi connectivity index (χ2v) is 19.2. The first-order valence-electron chi connectivity index (χ1n) is 29.1. The predicted molar refractivity (Wildman–Crippen MR) is 297 cm³/mol. The first-order chi connectivity index (χ1) is 34.0. The first kappa shape index (κ1) is 65.6. The van der Waals surface area contributed by atoms with Gasteiger partial charge in [0.1, 0.15) is 13.2 Å². The van der Waals surface area contributed by atoms with Crippen molar-refractivity contribution in [3.63, 3.8) is 0 Å². The van der Waals surface area contributed by atoms with E-state index in [1.54, 1.807) is 0 Å². The standard InChI is InChI=1S/C63H108O6/c1-4-7-10-13-16-19-22-24-26-28-30-31-33-34-36-38-41-44-47-50-53-56-62(65)68-59-60(58-67-61(64)55-52-49-46-43-40-21-18-15-12-9-6-3)69-63(66)57-54-51-48-45-42-39-37-35-32-29-27-25-23-20-17-14-11-8-5-2/h8,11,15,17-18,20,25,27,32,35,39,42,48,51,60H,4-7,9-10,12-14,16,19,21-24,26,28-31,33-34,36-38,40-41,43-47,49-50,52-59H2,1-3H3/b11-8-,18-15-,20-17-,27-25-,35-32-,42-39-,51-48-/t60-/m1/s1. The van der Waals surface area contributed by atoms with E-state index in [2.05, 4.69) is 99.8 Å². The largest absolute Gasteiger partial charge is 0.462 e. The lowest BCUT2D eigenvalue weighted by molar-refractivity contribution is -0.166. The topological polar surface area (TPSA) is 78.9 Å². The molecule has 6 nitrogen and oxygen atoms in total. The monoisotopic (exact) mass is 961 g/mol. The second kappa shape index (κ2) is 57.2. The van der Waals surface area contributed by atoms with E-state index < -0.39 is 12.1 Å². The maximum absolute atomic E-state index is 12.8. The van der Waals surface area contributed by atoms with Gasteiger partial charge in [-0.25, -0.2) is 0 Å². The Morgan fingerprint density at radius 1 is 0.304 bits per heavy atom. The van der Waals surface area contributed by atoms with Gasteiger partial charge in [0, 0.05) is 19.3 Å². The Morgan fingerprint density at radius 2 is 0.609 bits per heavy atom. The van der Waals surface area contributed by atoms with Crippen molar-refractivity contribution in [1.29, 1.82) is 0 Å². The molecule has 0 rings (SSSR count). The molecule has 0 heterocycles. The van der Waals surface area contributed by atoms with E-state index in [1.807, 2.05) is 6.08 Å². The minimum atomic E-state index is -0.819. The highest BCUT2D eigenvalue weighted by molar-refractivity contribution is 5.71. The van der Waals surface area contributed by atoms with Crippen LogP contribution in [0.25, 0.3) is 0 Å². The average molecular weight is 962 g/mol. The van der Waals surface area contributed by atoms with Gasteiger partial charge >= 0.3 is 17.9 Å². The van der Waals surface area contributed by atoms with E-state index >= 15 is 0 Å². The molecule has 0 saturated carbocycles. The Morgan fingerprint density at radius 3 is 0.986 bits per heavy atom. The summed E-state index contributed by atoms with van der Waals surface area (Å²) in [5.74, 6) is -0.996. The molecule has 0 aliphatic rings. The number of esters is 3. The lowest BCUT2D eigenvalue weighted by atomic mass is 10.0. The van der Waals surface area contributed by atoms with Crippen LogP contribution in [0.5, 0.6) is 0 Å². The Hall–Kier alpha value is -3.41. The molecule has 0 bridgehead atoms. The van der Waals surface area contributed by atoms with Gasteiger partial charge in [-0.3, -0.25) is 14.4 Å². The first-order valence-corrected chi connectivity index (χ1v) is 29.1. The van der Waals surface area contributed by atoms with Crippen molar-refractivity contribution in [1.82, 2.24) is 0 Å². The number of rotatable bonds is 52. The van der Waals surface area contributed by atoms with E-state index in [-0.39, 0.29) is 31.6 Å². The number of unbranched alkanes of at least 4 members (excludes halogenated alkanes) is 27. The highest BCUT2D eigenvalue weighted by atomic mass is 16.6. The predicted octanol–water partition coefficient (Wildman–Crippen LogP) is 19.5. The Labute approximate surface area is 426 Å². The molecule has 0 fully saturated rings. The third kappa shape index (κ3) is 55.4. The maximum atomic E-state index is 12.8. The fraction of sp³-hybridized carbons (Fsp3) is 0.730. The summed E-state index contributed by atoms with van der Waals surface area (Å²) in [7, 11) is 0. The molecule has 0 aromatic heterocycles. The third-order valence-corrected chi connectivity index (χ3v) is 12.4. The maximum Gasteiger partial charge on any atom is 0.306 e. The molecular formula is C63H108O6. The Bertz CT molecular complexity index is 1330. The molecule has 0 amide bonds. The molecule has 0 radical (unpaired) electrons. The Kier molecular flexibility index (Phi) is 54.3. The van der Waals surface area contributed by atoms with Crippen LogP contribution < -0.4 is 0 Å². The second-order valence-electron chi connectivity index (χ2n) is 19.2.